The summed E-state index contributed by atoms with van der Waals surface area (Å²) in [5, 5.41) is 9.27. The maximum atomic E-state index is 11.8. The highest BCUT2D eigenvalue weighted by Gasteiger charge is 2.09. The molecule has 1 aromatic carbocycles. The highest BCUT2D eigenvalue weighted by molar-refractivity contribution is 5.78. The first kappa shape index (κ1) is 12.3. The van der Waals surface area contributed by atoms with Gasteiger partial charge < -0.3 is 10.0 Å². The molecular formula is C13H17NO2. The number of aromatic hydroxyl groups is 1. The van der Waals surface area contributed by atoms with E-state index in [2.05, 4.69) is 6.58 Å². The third-order valence-electron chi connectivity index (χ3n) is 2.20. The van der Waals surface area contributed by atoms with E-state index in [-0.39, 0.29) is 11.7 Å². The topological polar surface area (TPSA) is 40.5 Å². The molecular weight excluding hydrogens is 202 g/mol. The van der Waals surface area contributed by atoms with Crippen molar-refractivity contribution in [2.24, 2.45) is 0 Å². The molecule has 0 unspecified atom stereocenters. The molecule has 0 spiro atoms. The van der Waals surface area contributed by atoms with Crippen LogP contribution in [-0.4, -0.2) is 29.5 Å². The molecule has 0 atom stereocenters. The predicted octanol–water partition coefficient (Wildman–Crippen LogP) is 1.97. The Bertz CT molecular complexity index is 399. The second-order valence-corrected chi connectivity index (χ2v) is 4.05. The Balaban J connectivity index is 2.60. The van der Waals surface area contributed by atoms with Gasteiger partial charge >= 0.3 is 0 Å². The minimum absolute atomic E-state index is 0.0219. The zero-order chi connectivity index (χ0) is 12.1. The van der Waals surface area contributed by atoms with E-state index in [1.54, 1.807) is 30.1 Å². The molecule has 1 rings (SSSR count). The number of hydrogen-bond donors (Lipinski definition) is 1. The summed E-state index contributed by atoms with van der Waals surface area (Å²) in [5.74, 6) is 0.210. The van der Waals surface area contributed by atoms with Gasteiger partial charge in [-0.2, -0.15) is 0 Å². The largest absolute Gasteiger partial charge is 0.508 e. The van der Waals surface area contributed by atoms with E-state index in [1.807, 2.05) is 13.0 Å². The third-order valence-corrected chi connectivity index (χ3v) is 2.20. The second kappa shape index (κ2) is 5.35. The van der Waals surface area contributed by atoms with Crippen LogP contribution in [0.5, 0.6) is 5.75 Å². The van der Waals surface area contributed by atoms with Crippen LogP contribution < -0.4 is 0 Å². The zero-order valence-corrected chi connectivity index (χ0v) is 9.73. The van der Waals surface area contributed by atoms with E-state index in [1.165, 1.54) is 0 Å². The molecule has 0 aromatic heterocycles. The number of carbonyl (C=O) groups is 1. The summed E-state index contributed by atoms with van der Waals surface area (Å²) in [6.45, 7) is 6.22. The summed E-state index contributed by atoms with van der Waals surface area (Å²) in [5.41, 5.74) is 1.77. The molecule has 0 saturated carbocycles. The molecule has 0 heterocycles. The molecule has 0 bridgehead atoms. The number of phenolic OH excluding ortho intramolecular Hbond substituents is 1. The lowest BCUT2D eigenvalue weighted by molar-refractivity contribution is -0.128. The summed E-state index contributed by atoms with van der Waals surface area (Å²) in [6.07, 6.45) is 0.304. The van der Waals surface area contributed by atoms with Gasteiger partial charge in [0.05, 0.1) is 6.42 Å². The molecule has 0 radical (unpaired) electrons. The van der Waals surface area contributed by atoms with Crippen LogP contribution in [-0.2, 0) is 11.2 Å². The number of carbonyl (C=O) groups excluding carboxylic acids is 1. The standard InChI is InChI=1S/C13H17NO2/c1-10(2)9-14(3)13(16)8-11-5-4-6-12(15)7-11/h4-7,15H,1,8-9H2,2-3H3. The van der Waals surface area contributed by atoms with Gasteiger partial charge in [0.2, 0.25) is 5.91 Å². The third kappa shape index (κ3) is 3.77. The molecule has 1 amide bonds. The van der Waals surface area contributed by atoms with Gasteiger partial charge in [-0.05, 0) is 24.6 Å². The van der Waals surface area contributed by atoms with Gasteiger partial charge in [0.25, 0.3) is 0 Å². The van der Waals surface area contributed by atoms with Gasteiger partial charge in [-0.1, -0.05) is 24.3 Å². The molecule has 0 aliphatic rings. The van der Waals surface area contributed by atoms with Crippen molar-refractivity contribution >= 4 is 5.91 Å². The lowest BCUT2D eigenvalue weighted by atomic mass is 10.1. The van der Waals surface area contributed by atoms with Crippen molar-refractivity contribution in [1.82, 2.24) is 4.90 Å². The van der Waals surface area contributed by atoms with Crippen molar-refractivity contribution < 1.29 is 9.90 Å². The average molecular weight is 219 g/mol. The molecule has 1 N–H and O–H groups in total. The number of phenols is 1. The number of amides is 1. The second-order valence-electron chi connectivity index (χ2n) is 4.05. The van der Waals surface area contributed by atoms with Crippen LogP contribution in [0.15, 0.2) is 36.4 Å². The number of likely N-dealkylation sites (N-methyl/N-ethyl adjacent to an activating group) is 1. The van der Waals surface area contributed by atoms with Crippen molar-refractivity contribution in [3.05, 3.63) is 42.0 Å². The first-order chi connectivity index (χ1) is 7.49. The Labute approximate surface area is 96.0 Å². The van der Waals surface area contributed by atoms with Crippen LogP contribution in [0.1, 0.15) is 12.5 Å². The molecule has 0 aliphatic heterocycles. The molecule has 0 aliphatic carbocycles. The van der Waals surface area contributed by atoms with Crippen molar-refractivity contribution in [3.63, 3.8) is 0 Å². The SMILES string of the molecule is C=C(C)CN(C)C(=O)Cc1cccc(O)c1. The van der Waals surface area contributed by atoms with E-state index in [4.69, 9.17) is 0 Å². The van der Waals surface area contributed by atoms with E-state index in [0.29, 0.717) is 13.0 Å². The van der Waals surface area contributed by atoms with Gasteiger partial charge in [-0.3, -0.25) is 4.79 Å². The highest BCUT2D eigenvalue weighted by Crippen LogP contribution is 2.12. The summed E-state index contributed by atoms with van der Waals surface area (Å²) in [4.78, 5) is 13.4. The first-order valence-corrected chi connectivity index (χ1v) is 5.15. The average Bonchev–Trinajstić information content (AvgIpc) is 2.16. The molecule has 0 fully saturated rings. The van der Waals surface area contributed by atoms with Crippen LogP contribution in [0.2, 0.25) is 0 Å². The summed E-state index contributed by atoms with van der Waals surface area (Å²) in [7, 11) is 1.75. The molecule has 86 valence electrons. The van der Waals surface area contributed by atoms with Crippen LogP contribution in [0.4, 0.5) is 0 Å². The maximum absolute atomic E-state index is 11.8. The van der Waals surface area contributed by atoms with Crippen LogP contribution in [0.3, 0.4) is 0 Å². The lowest BCUT2D eigenvalue weighted by Crippen LogP contribution is -2.29. The van der Waals surface area contributed by atoms with Crippen molar-refractivity contribution in [3.8, 4) is 5.75 Å². The maximum Gasteiger partial charge on any atom is 0.227 e. The minimum Gasteiger partial charge on any atom is -0.508 e. The fourth-order valence-electron chi connectivity index (χ4n) is 1.47. The molecule has 3 heteroatoms. The van der Waals surface area contributed by atoms with E-state index in [0.717, 1.165) is 11.1 Å². The van der Waals surface area contributed by atoms with Gasteiger partial charge in [0.1, 0.15) is 5.75 Å². The summed E-state index contributed by atoms with van der Waals surface area (Å²) in [6, 6.07) is 6.75. The first-order valence-electron chi connectivity index (χ1n) is 5.15. The normalized spacial score (nSPS) is 9.88. The van der Waals surface area contributed by atoms with Crippen molar-refractivity contribution in [2.75, 3.05) is 13.6 Å². The summed E-state index contributed by atoms with van der Waals surface area (Å²) < 4.78 is 0. The van der Waals surface area contributed by atoms with Crippen LogP contribution in [0.25, 0.3) is 0 Å². The number of rotatable bonds is 4. The van der Waals surface area contributed by atoms with Crippen LogP contribution in [0, 0.1) is 0 Å². The minimum atomic E-state index is 0.0219. The quantitative estimate of drug-likeness (QED) is 0.786. The van der Waals surface area contributed by atoms with Crippen LogP contribution >= 0.6 is 0 Å². The fraction of sp³-hybridized carbons (Fsp3) is 0.308. The fourth-order valence-corrected chi connectivity index (χ4v) is 1.47. The molecule has 1 aromatic rings. The molecule has 0 saturated heterocycles. The van der Waals surface area contributed by atoms with Crippen molar-refractivity contribution in [1.29, 1.82) is 0 Å². The number of benzene rings is 1. The predicted molar refractivity (Wildman–Crippen MR) is 64.3 cm³/mol. The Morgan fingerprint density at radius 1 is 1.50 bits per heavy atom. The lowest BCUT2D eigenvalue weighted by Gasteiger charge is -2.17. The molecule has 16 heavy (non-hydrogen) atoms. The Morgan fingerprint density at radius 2 is 2.19 bits per heavy atom. The van der Waals surface area contributed by atoms with E-state index >= 15 is 0 Å². The number of nitrogens with zero attached hydrogens (tertiary/aromatic N) is 1. The Kier molecular flexibility index (Phi) is 4.11. The van der Waals surface area contributed by atoms with Gasteiger partial charge in [-0.15, -0.1) is 0 Å². The Morgan fingerprint density at radius 3 is 2.75 bits per heavy atom. The molecule has 3 nitrogen and oxygen atoms in total. The van der Waals surface area contributed by atoms with Crippen molar-refractivity contribution in [2.45, 2.75) is 13.3 Å². The zero-order valence-electron chi connectivity index (χ0n) is 9.73. The number of hydrogen-bond acceptors (Lipinski definition) is 2. The summed E-state index contributed by atoms with van der Waals surface area (Å²) >= 11 is 0. The monoisotopic (exact) mass is 219 g/mol. The van der Waals surface area contributed by atoms with Gasteiger partial charge in [0, 0.05) is 13.6 Å². The smallest absolute Gasteiger partial charge is 0.227 e. The van der Waals surface area contributed by atoms with E-state index in [9.17, 15) is 9.90 Å². The highest BCUT2D eigenvalue weighted by atomic mass is 16.3. The van der Waals surface area contributed by atoms with Gasteiger partial charge in [-0.25, -0.2) is 0 Å². The Hall–Kier alpha value is -1.77. The van der Waals surface area contributed by atoms with Gasteiger partial charge in [0.15, 0.2) is 0 Å². The van der Waals surface area contributed by atoms with E-state index < -0.39 is 0 Å².